The van der Waals surface area contributed by atoms with E-state index in [-0.39, 0.29) is 11.3 Å². The summed E-state index contributed by atoms with van der Waals surface area (Å²) < 4.78 is 13.2. The molecule has 0 aliphatic heterocycles. The van der Waals surface area contributed by atoms with E-state index in [2.05, 4.69) is 35.1 Å². The van der Waals surface area contributed by atoms with Gasteiger partial charge < -0.3 is 5.32 Å². The van der Waals surface area contributed by atoms with E-state index in [4.69, 9.17) is 0 Å². The first-order valence-corrected chi connectivity index (χ1v) is 7.47. The Labute approximate surface area is 108 Å². The molecule has 0 fully saturated rings. The van der Waals surface area contributed by atoms with Crippen LogP contribution >= 0.6 is 15.9 Å². The molecule has 4 heteroatoms. The van der Waals surface area contributed by atoms with Crippen LogP contribution in [-0.4, -0.2) is 22.0 Å². The summed E-state index contributed by atoms with van der Waals surface area (Å²) in [5.41, 5.74) is 0. The quantitative estimate of drug-likeness (QED) is 0.906. The molecule has 2 nitrogen and oxygen atoms in total. The average Bonchev–Trinajstić information content (AvgIpc) is 2.28. The Morgan fingerprint density at radius 3 is 2.56 bits per heavy atom. The van der Waals surface area contributed by atoms with Crippen molar-refractivity contribution in [2.24, 2.45) is 0 Å². The van der Waals surface area contributed by atoms with Gasteiger partial charge in [0, 0.05) is 10.5 Å². The van der Waals surface area contributed by atoms with Crippen LogP contribution in [-0.2, 0) is 10.8 Å². The Kier molecular flexibility index (Phi) is 5.66. The van der Waals surface area contributed by atoms with Gasteiger partial charge in [-0.05, 0) is 48.5 Å². The number of halogens is 1. The fraction of sp³-hybridized carbons (Fsp3) is 0.500. The van der Waals surface area contributed by atoms with Crippen LogP contribution in [0.15, 0.2) is 33.6 Å². The lowest BCUT2D eigenvalue weighted by Crippen LogP contribution is -2.37. The molecule has 16 heavy (non-hydrogen) atoms. The van der Waals surface area contributed by atoms with Gasteiger partial charge in [0.1, 0.15) is 0 Å². The molecule has 0 aliphatic rings. The zero-order chi connectivity index (χ0) is 12.1. The SMILES string of the molecule is CCNC(C)C(C)S(=O)c1ccccc1Br. The van der Waals surface area contributed by atoms with Gasteiger partial charge in [-0.2, -0.15) is 0 Å². The van der Waals surface area contributed by atoms with Crippen molar-refractivity contribution in [2.45, 2.75) is 37.0 Å². The van der Waals surface area contributed by atoms with E-state index in [0.29, 0.717) is 0 Å². The highest BCUT2D eigenvalue weighted by Crippen LogP contribution is 2.22. The topological polar surface area (TPSA) is 29.1 Å². The molecule has 0 bridgehead atoms. The molecular formula is C12H18BrNOS. The molecule has 0 aliphatic carbocycles. The molecule has 0 radical (unpaired) electrons. The van der Waals surface area contributed by atoms with Gasteiger partial charge in [-0.25, -0.2) is 0 Å². The lowest BCUT2D eigenvalue weighted by Gasteiger charge is -2.20. The normalized spacial score (nSPS) is 16.8. The summed E-state index contributed by atoms with van der Waals surface area (Å²) in [6.07, 6.45) is 0. The maximum atomic E-state index is 12.3. The third-order valence-electron chi connectivity index (χ3n) is 2.62. The van der Waals surface area contributed by atoms with Crippen LogP contribution in [0.5, 0.6) is 0 Å². The summed E-state index contributed by atoms with van der Waals surface area (Å²) in [7, 11) is -0.981. The Morgan fingerprint density at radius 2 is 2.00 bits per heavy atom. The molecule has 3 atom stereocenters. The van der Waals surface area contributed by atoms with Gasteiger partial charge in [-0.3, -0.25) is 4.21 Å². The molecule has 1 rings (SSSR count). The first kappa shape index (κ1) is 13.9. The van der Waals surface area contributed by atoms with Gasteiger partial charge in [0.15, 0.2) is 0 Å². The van der Waals surface area contributed by atoms with E-state index < -0.39 is 10.8 Å². The van der Waals surface area contributed by atoms with Crippen molar-refractivity contribution in [2.75, 3.05) is 6.54 Å². The van der Waals surface area contributed by atoms with Crippen molar-refractivity contribution in [1.29, 1.82) is 0 Å². The second-order valence-corrected chi connectivity index (χ2v) is 6.41. The summed E-state index contributed by atoms with van der Waals surface area (Å²) in [4.78, 5) is 0.875. The first-order chi connectivity index (χ1) is 7.57. The first-order valence-electron chi connectivity index (χ1n) is 5.46. The van der Waals surface area contributed by atoms with Gasteiger partial charge in [0.2, 0.25) is 0 Å². The molecule has 90 valence electrons. The summed E-state index contributed by atoms with van der Waals surface area (Å²) in [5, 5.41) is 3.40. The molecule has 3 unspecified atom stereocenters. The fourth-order valence-electron chi connectivity index (χ4n) is 1.48. The number of rotatable bonds is 5. The Hall–Kier alpha value is -0.190. The van der Waals surface area contributed by atoms with Crippen LogP contribution in [0.4, 0.5) is 0 Å². The monoisotopic (exact) mass is 303 g/mol. The van der Waals surface area contributed by atoms with E-state index >= 15 is 0 Å². The van der Waals surface area contributed by atoms with E-state index in [9.17, 15) is 4.21 Å². The standard InChI is InChI=1S/C12H18BrNOS/c1-4-14-9(2)10(3)16(15)12-8-6-5-7-11(12)13/h5-10,14H,4H2,1-3H3. The van der Waals surface area contributed by atoms with Crippen LogP contribution in [0.25, 0.3) is 0 Å². The highest BCUT2D eigenvalue weighted by atomic mass is 79.9. The molecule has 0 spiro atoms. The van der Waals surface area contributed by atoms with Crippen molar-refractivity contribution in [3.63, 3.8) is 0 Å². The zero-order valence-electron chi connectivity index (χ0n) is 9.87. The highest BCUT2D eigenvalue weighted by Gasteiger charge is 2.20. The Balaban J connectivity index is 2.82. The summed E-state index contributed by atoms with van der Waals surface area (Å²) >= 11 is 3.44. The molecule has 1 aromatic carbocycles. The van der Waals surface area contributed by atoms with Crippen molar-refractivity contribution < 1.29 is 4.21 Å². The van der Waals surface area contributed by atoms with E-state index in [0.717, 1.165) is 15.9 Å². The van der Waals surface area contributed by atoms with Crippen molar-refractivity contribution in [3.05, 3.63) is 28.7 Å². The number of hydrogen-bond acceptors (Lipinski definition) is 2. The van der Waals surface area contributed by atoms with Crippen LogP contribution in [0.1, 0.15) is 20.8 Å². The molecule has 0 aromatic heterocycles. The van der Waals surface area contributed by atoms with Gasteiger partial charge in [-0.15, -0.1) is 0 Å². The van der Waals surface area contributed by atoms with Gasteiger partial charge >= 0.3 is 0 Å². The highest BCUT2D eigenvalue weighted by molar-refractivity contribution is 9.10. The van der Waals surface area contributed by atoms with Gasteiger partial charge in [-0.1, -0.05) is 19.1 Å². The van der Waals surface area contributed by atoms with Crippen molar-refractivity contribution in [1.82, 2.24) is 5.32 Å². The predicted octanol–water partition coefficient (Wildman–Crippen LogP) is 2.94. The van der Waals surface area contributed by atoms with Gasteiger partial charge in [0.05, 0.1) is 20.9 Å². The lowest BCUT2D eigenvalue weighted by molar-refractivity contribution is 0.550. The maximum absolute atomic E-state index is 12.3. The third kappa shape index (κ3) is 3.40. The molecule has 0 amide bonds. The molecule has 0 saturated heterocycles. The van der Waals surface area contributed by atoms with Crippen LogP contribution in [0, 0.1) is 0 Å². The molecule has 0 saturated carbocycles. The van der Waals surface area contributed by atoms with Gasteiger partial charge in [0.25, 0.3) is 0 Å². The zero-order valence-corrected chi connectivity index (χ0v) is 12.3. The largest absolute Gasteiger partial charge is 0.313 e. The van der Waals surface area contributed by atoms with E-state index in [1.807, 2.05) is 31.2 Å². The summed E-state index contributed by atoms with van der Waals surface area (Å²) in [6, 6.07) is 7.94. The third-order valence-corrected chi connectivity index (χ3v) is 5.45. The molecule has 0 heterocycles. The maximum Gasteiger partial charge on any atom is 0.0585 e. The minimum atomic E-state index is -0.981. The summed E-state index contributed by atoms with van der Waals surface area (Å²) in [6.45, 7) is 7.05. The van der Waals surface area contributed by atoms with Crippen molar-refractivity contribution >= 4 is 26.7 Å². The lowest BCUT2D eigenvalue weighted by atomic mass is 10.2. The predicted molar refractivity (Wildman–Crippen MR) is 73.2 cm³/mol. The Bertz CT molecular complexity index is 370. The molecular weight excluding hydrogens is 286 g/mol. The molecule has 1 aromatic rings. The van der Waals surface area contributed by atoms with Crippen molar-refractivity contribution in [3.8, 4) is 0 Å². The smallest absolute Gasteiger partial charge is 0.0585 e. The average molecular weight is 304 g/mol. The minimum absolute atomic E-state index is 0.0960. The number of hydrogen-bond donors (Lipinski definition) is 1. The number of nitrogens with one attached hydrogen (secondary N) is 1. The number of benzene rings is 1. The second kappa shape index (κ2) is 6.52. The second-order valence-electron chi connectivity index (χ2n) is 3.78. The van der Waals surface area contributed by atoms with Crippen LogP contribution < -0.4 is 5.32 Å². The summed E-state index contributed by atoms with van der Waals surface area (Å²) in [5.74, 6) is 0. The van der Waals surface area contributed by atoms with Crippen LogP contribution in [0.3, 0.4) is 0 Å². The Morgan fingerprint density at radius 1 is 1.38 bits per heavy atom. The van der Waals surface area contributed by atoms with E-state index in [1.54, 1.807) is 0 Å². The fourth-order valence-corrected chi connectivity index (χ4v) is 3.59. The molecule has 1 N–H and O–H groups in total. The van der Waals surface area contributed by atoms with E-state index in [1.165, 1.54) is 0 Å². The minimum Gasteiger partial charge on any atom is -0.313 e. The van der Waals surface area contributed by atoms with Crippen LogP contribution in [0.2, 0.25) is 0 Å².